The van der Waals surface area contributed by atoms with E-state index in [4.69, 9.17) is 9.15 Å². The molecular weight excluding hydrogens is 306 g/mol. The highest BCUT2D eigenvalue weighted by molar-refractivity contribution is 5.90. The number of nitrogens with zero attached hydrogens (tertiary/aromatic N) is 2. The lowest BCUT2D eigenvalue weighted by atomic mass is 10.1. The van der Waals surface area contributed by atoms with Gasteiger partial charge in [-0.15, -0.1) is 10.2 Å². The molecule has 0 saturated heterocycles. The summed E-state index contributed by atoms with van der Waals surface area (Å²) in [4.78, 5) is 11.6. The zero-order chi connectivity index (χ0) is 16.9. The van der Waals surface area contributed by atoms with Gasteiger partial charge in [0.1, 0.15) is 0 Å². The highest BCUT2D eigenvalue weighted by Crippen LogP contribution is 2.20. The van der Waals surface area contributed by atoms with E-state index in [2.05, 4.69) is 15.5 Å². The minimum atomic E-state index is -0.373. The molecule has 0 fully saturated rings. The number of ether oxygens (including phenoxy) is 1. The molecule has 3 aromatic rings. The van der Waals surface area contributed by atoms with E-state index >= 15 is 0 Å². The molecule has 2 aromatic carbocycles. The molecule has 0 saturated carbocycles. The second kappa shape index (κ2) is 6.95. The van der Waals surface area contributed by atoms with E-state index in [0.29, 0.717) is 23.9 Å². The van der Waals surface area contributed by atoms with Crippen LogP contribution in [0.1, 0.15) is 21.8 Å². The van der Waals surface area contributed by atoms with E-state index in [0.717, 1.165) is 16.8 Å². The van der Waals surface area contributed by atoms with E-state index in [9.17, 15) is 4.79 Å². The van der Waals surface area contributed by atoms with Crippen LogP contribution in [-0.2, 0) is 11.3 Å². The Morgan fingerprint density at radius 3 is 2.71 bits per heavy atom. The number of hydrogen-bond acceptors (Lipinski definition) is 6. The Labute approximate surface area is 139 Å². The Kier molecular flexibility index (Phi) is 4.56. The fourth-order valence-electron chi connectivity index (χ4n) is 2.25. The van der Waals surface area contributed by atoms with Crippen LogP contribution in [0.4, 0.5) is 5.69 Å². The monoisotopic (exact) mass is 323 g/mol. The van der Waals surface area contributed by atoms with Crippen molar-refractivity contribution < 1.29 is 13.9 Å². The molecule has 1 aromatic heterocycles. The van der Waals surface area contributed by atoms with Gasteiger partial charge in [0.05, 0.1) is 19.2 Å². The summed E-state index contributed by atoms with van der Waals surface area (Å²) in [5.74, 6) is 0.575. The number of benzene rings is 2. The molecule has 0 atom stereocenters. The number of esters is 1. The second-order valence-electron chi connectivity index (χ2n) is 5.24. The van der Waals surface area contributed by atoms with Crippen LogP contribution in [0.3, 0.4) is 0 Å². The van der Waals surface area contributed by atoms with E-state index in [1.807, 2.05) is 43.3 Å². The Morgan fingerprint density at radius 1 is 1.17 bits per heavy atom. The van der Waals surface area contributed by atoms with Crippen LogP contribution < -0.4 is 5.32 Å². The molecule has 1 heterocycles. The van der Waals surface area contributed by atoms with Crippen molar-refractivity contribution in [1.29, 1.82) is 0 Å². The van der Waals surface area contributed by atoms with Crippen LogP contribution in [0.25, 0.3) is 11.5 Å². The van der Waals surface area contributed by atoms with Crippen LogP contribution >= 0.6 is 0 Å². The van der Waals surface area contributed by atoms with Crippen LogP contribution in [0.5, 0.6) is 0 Å². The Morgan fingerprint density at radius 2 is 1.96 bits per heavy atom. The summed E-state index contributed by atoms with van der Waals surface area (Å²) in [5, 5.41) is 11.3. The van der Waals surface area contributed by atoms with Crippen LogP contribution in [0, 0.1) is 6.92 Å². The normalized spacial score (nSPS) is 10.4. The van der Waals surface area contributed by atoms with Gasteiger partial charge >= 0.3 is 5.97 Å². The molecule has 6 nitrogen and oxygen atoms in total. The molecule has 1 N–H and O–H groups in total. The average Bonchev–Trinajstić information content (AvgIpc) is 3.10. The predicted octanol–water partition coefficient (Wildman–Crippen LogP) is 3.44. The molecule has 0 amide bonds. The van der Waals surface area contributed by atoms with Crippen molar-refractivity contribution in [3.63, 3.8) is 0 Å². The van der Waals surface area contributed by atoms with Crippen molar-refractivity contribution in [3.8, 4) is 11.5 Å². The quantitative estimate of drug-likeness (QED) is 0.725. The zero-order valence-electron chi connectivity index (χ0n) is 13.4. The summed E-state index contributed by atoms with van der Waals surface area (Å²) < 4.78 is 10.4. The van der Waals surface area contributed by atoms with Crippen molar-refractivity contribution in [1.82, 2.24) is 10.2 Å². The van der Waals surface area contributed by atoms with Gasteiger partial charge in [-0.05, 0) is 36.8 Å². The van der Waals surface area contributed by atoms with Crippen molar-refractivity contribution in [3.05, 3.63) is 65.5 Å². The summed E-state index contributed by atoms with van der Waals surface area (Å²) >= 11 is 0. The molecule has 0 bridgehead atoms. The fourth-order valence-corrected chi connectivity index (χ4v) is 2.25. The van der Waals surface area contributed by atoms with Gasteiger partial charge in [-0.3, -0.25) is 0 Å². The van der Waals surface area contributed by atoms with Gasteiger partial charge in [-0.1, -0.05) is 24.3 Å². The lowest BCUT2D eigenvalue weighted by Crippen LogP contribution is -2.05. The second-order valence-corrected chi connectivity index (χ2v) is 5.24. The molecule has 6 heteroatoms. The smallest absolute Gasteiger partial charge is 0.337 e. The standard InChI is InChI=1S/C18H17N3O3/c1-12-8-9-14(18(22)23-2)10-15(12)19-11-16-20-21-17(24-16)13-6-4-3-5-7-13/h3-10,19H,11H2,1-2H3. The number of methoxy groups -OCH3 is 1. The van der Waals surface area contributed by atoms with Gasteiger partial charge < -0.3 is 14.5 Å². The molecule has 0 spiro atoms. The SMILES string of the molecule is COC(=O)c1ccc(C)c(NCc2nnc(-c3ccccc3)o2)c1. The topological polar surface area (TPSA) is 77.2 Å². The molecule has 122 valence electrons. The van der Waals surface area contributed by atoms with Crippen molar-refractivity contribution >= 4 is 11.7 Å². The number of hydrogen-bond donors (Lipinski definition) is 1. The predicted molar refractivity (Wildman–Crippen MR) is 89.6 cm³/mol. The van der Waals surface area contributed by atoms with Gasteiger partial charge in [0.15, 0.2) is 0 Å². The summed E-state index contributed by atoms with van der Waals surface area (Å²) in [6.45, 7) is 2.32. The van der Waals surface area contributed by atoms with Crippen LogP contribution in [-0.4, -0.2) is 23.3 Å². The first kappa shape index (κ1) is 15.7. The highest BCUT2D eigenvalue weighted by atomic mass is 16.5. The van der Waals surface area contributed by atoms with E-state index < -0.39 is 0 Å². The van der Waals surface area contributed by atoms with Gasteiger partial charge in [-0.2, -0.15) is 0 Å². The first-order valence-corrected chi connectivity index (χ1v) is 7.48. The molecule has 0 radical (unpaired) electrons. The van der Waals surface area contributed by atoms with Crippen molar-refractivity contribution in [2.75, 3.05) is 12.4 Å². The summed E-state index contributed by atoms with van der Waals surface area (Å²) in [6, 6.07) is 14.9. The number of rotatable bonds is 5. The third-order valence-electron chi connectivity index (χ3n) is 3.58. The average molecular weight is 323 g/mol. The molecule has 3 rings (SSSR count). The maximum atomic E-state index is 11.6. The first-order valence-electron chi connectivity index (χ1n) is 7.48. The molecule has 0 aliphatic carbocycles. The number of nitrogens with one attached hydrogen (secondary N) is 1. The summed E-state index contributed by atoms with van der Waals surface area (Å²) in [5.41, 5.74) is 3.18. The third kappa shape index (κ3) is 3.43. The molecule has 0 aliphatic heterocycles. The molecule has 24 heavy (non-hydrogen) atoms. The van der Waals surface area contributed by atoms with Crippen LogP contribution in [0.15, 0.2) is 52.9 Å². The maximum Gasteiger partial charge on any atom is 0.337 e. The Balaban J connectivity index is 1.72. The summed E-state index contributed by atoms with van der Waals surface area (Å²) in [7, 11) is 1.36. The number of anilines is 1. The van der Waals surface area contributed by atoms with Gasteiger partial charge in [-0.25, -0.2) is 4.79 Å². The minimum absolute atomic E-state index is 0.366. The number of aryl methyl sites for hydroxylation is 1. The minimum Gasteiger partial charge on any atom is -0.465 e. The van der Waals surface area contributed by atoms with E-state index in [1.165, 1.54) is 7.11 Å². The van der Waals surface area contributed by atoms with Crippen molar-refractivity contribution in [2.24, 2.45) is 0 Å². The van der Waals surface area contributed by atoms with Crippen LogP contribution in [0.2, 0.25) is 0 Å². The highest BCUT2D eigenvalue weighted by Gasteiger charge is 2.10. The van der Waals surface area contributed by atoms with Gasteiger partial charge in [0.25, 0.3) is 0 Å². The summed E-state index contributed by atoms with van der Waals surface area (Å²) in [6.07, 6.45) is 0. The third-order valence-corrected chi connectivity index (χ3v) is 3.58. The van der Waals surface area contributed by atoms with E-state index in [-0.39, 0.29) is 5.97 Å². The lowest BCUT2D eigenvalue weighted by molar-refractivity contribution is 0.0601. The van der Waals surface area contributed by atoms with Gasteiger partial charge in [0, 0.05) is 11.3 Å². The number of carbonyl (C=O) groups excluding carboxylic acids is 1. The number of aromatic nitrogens is 2. The Bertz CT molecular complexity index is 844. The fraction of sp³-hybridized carbons (Fsp3) is 0.167. The lowest BCUT2D eigenvalue weighted by Gasteiger charge is -2.09. The Hall–Kier alpha value is -3.15. The molecule has 0 aliphatic rings. The maximum absolute atomic E-state index is 11.6. The van der Waals surface area contributed by atoms with Gasteiger partial charge in [0.2, 0.25) is 11.8 Å². The first-order chi connectivity index (χ1) is 11.7. The molecule has 0 unspecified atom stereocenters. The largest absolute Gasteiger partial charge is 0.465 e. The zero-order valence-corrected chi connectivity index (χ0v) is 13.4. The van der Waals surface area contributed by atoms with E-state index in [1.54, 1.807) is 12.1 Å². The van der Waals surface area contributed by atoms with Crippen molar-refractivity contribution in [2.45, 2.75) is 13.5 Å². The molecular formula is C18H17N3O3. The number of carbonyl (C=O) groups is 1.